The maximum Gasteiger partial charge on any atom is 0.325 e. The van der Waals surface area contributed by atoms with Gasteiger partial charge in [-0.3, -0.25) is 9.59 Å². The number of rotatable bonds is 8. The molecule has 0 fully saturated rings. The molecule has 0 heterocycles. The quantitative estimate of drug-likeness (QED) is 0.589. The molecule has 2 N–H and O–H groups in total. The van der Waals surface area contributed by atoms with Gasteiger partial charge >= 0.3 is 5.97 Å². The highest BCUT2D eigenvalue weighted by molar-refractivity contribution is 5.83. The topological polar surface area (TPSA) is 75.6 Å². The molecule has 0 aromatic heterocycles. The fourth-order valence-corrected chi connectivity index (χ4v) is 0.964. The summed E-state index contributed by atoms with van der Waals surface area (Å²) in [4.78, 5) is 21.5. The molecule has 0 aromatic carbocycles. The van der Waals surface area contributed by atoms with Crippen LogP contribution >= 0.6 is 0 Å². The minimum absolute atomic E-state index is 0.0681. The normalized spacial score (nSPS) is 12.1. The van der Waals surface area contributed by atoms with Crippen molar-refractivity contribution in [1.29, 1.82) is 0 Å². The first kappa shape index (κ1) is 13.9. The molecule has 0 aliphatic rings. The van der Waals surface area contributed by atoms with E-state index < -0.39 is 12.0 Å². The Balaban J connectivity index is 3.45. The molecule has 5 heteroatoms. The van der Waals surface area contributed by atoms with E-state index in [4.69, 9.17) is 9.84 Å². The fraction of sp³-hybridized carbons (Fsp3) is 0.800. The van der Waals surface area contributed by atoms with Crippen molar-refractivity contribution in [3.8, 4) is 0 Å². The van der Waals surface area contributed by atoms with Gasteiger partial charge < -0.3 is 15.2 Å². The summed E-state index contributed by atoms with van der Waals surface area (Å²) in [5, 5.41) is 10.8. The minimum atomic E-state index is -1.05. The van der Waals surface area contributed by atoms with Gasteiger partial charge in [-0.05, 0) is 13.3 Å². The lowest BCUT2D eigenvalue weighted by molar-refractivity contribution is -0.142. The van der Waals surface area contributed by atoms with E-state index in [1.165, 1.54) is 6.92 Å². The molecule has 0 radical (unpaired) electrons. The van der Waals surface area contributed by atoms with Crippen LogP contribution in [0.4, 0.5) is 0 Å². The third-order valence-corrected chi connectivity index (χ3v) is 1.87. The Kier molecular flexibility index (Phi) is 7.62. The maximum atomic E-state index is 11.1. The highest BCUT2D eigenvalue weighted by Gasteiger charge is 2.13. The SMILES string of the molecule is CCCCCOCC(=O)N[C@H](C)C(=O)O. The van der Waals surface area contributed by atoms with Crippen molar-refractivity contribution in [3.63, 3.8) is 0 Å². The average Bonchev–Trinajstić information content (AvgIpc) is 2.17. The molecule has 0 spiro atoms. The predicted molar refractivity (Wildman–Crippen MR) is 55.6 cm³/mol. The van der Waals surface area contributed by atoms with E-state index in [0.717, 1.165) is 19.3 Å². The van der Waals surface area contributed by atoms with Crippen LogP contribution in [0.3, 0.4) is 0 Å². The number of aliphatic carboxylic acids is 1. The number of nitrogens with one attached hydrogen (secondary N) is 1. The first-order chi connectivity index (χ1) is 7.07. The molecule has 0 saturated carbocycles. The molecule has 0 aliphatic carbocycles. The number of carboxylic acids is 1. The van der Waals surface area contributed by atoms with Crippen molar-refractivity contribution in [2.45, 2.75) is 39.2 Å². The zero-order valence-corrected chi connectivity index (χ0v) is 9.28. The zero-order valence-electron chi connectivity index (χ0n) is 9.28. The lowest BCUT2D eigenvalue weighted by Gasteiger charge is -2.09. The smallest absolute Gasteiger partial charge is 0.325 e. The fourth-order valence-electron chi connectivity index (χ4n) is 0.964. The number of ether oxygens (including phenoxy) is 1. The molecule has 0 aliphatic heterocycles. The Hall–Kier alpha value is -1.10. The summed E-state index contributed by atoms with van der Waals surface area (Å²) in [5.74, 6) is -1.43. The molecular weight excluding hydrogens is 198 g/mol. The van der Waals surface area contributed by atoms with Crippen molar-refractivity contribution in [1.82, 2.24) is 5.32 Å². The third-order valence-electron chi connectivity index (χ3n) is 1.87. The van der Waals surface area contributed by atoms with Gasteiger partial charge in [0, 0.05) is 6.61 Å². The van der Waals surface area contributed by atoms with Gasteiger partial charge in [0.25, 0.3) is 0 Å². The number of amides is 1. The molecular formula is C10H19NO4. The van der Waals surface area contributed by atoms with Gasteiger partial charge in [-0.1, -0.05) is 19.8 Å². The molecule has 1 amide bonds. The second-order valence-electron chi connectivity index (χ2n) is 3.39. The minimum Gasteiger partial charge on any atom is -0.480 e. The van der Waals surface area contributed by atoms with Crippen LogP contribution in [-0.2, 0) is 14.3 Å². The molecule has 0 rings (SSSR count). The van der Waals surface area contributed by atoms with Crippen LogP contribution in [0.1, 0.15) is 33.1 Å². The number of unbranched alkanes of at least 4 members (excludes halogenated alkanes) is 2. The molecule has 0 aromatic rings. The van der Waals surface area contributed by atoms with Crippen LogP contribution in [0.25, 0.3) is 0 Å². The first-order valence-corrected chi connectivity index (χ1v) is 5.17. The third kappa shape index (κ3) is 7.93. The van der Waals surface area contributed by atoms with Gasteiger partial charge in [-0.2, -0.15) is 0 Å². The molecule has 0 saturated heterocycles. The summed E-state index contributed by atoms with van der Waals surface area (Å²) < 4.78 is 5.07. The number of carboxylic acid groups (broad SMARTS) is 1. The predicted octanol–water partition coefficient (Wildman–Crippen LogP) is 0.782. The zero-order chi connectivity index (χ0) is 11.7. The van der Waals surface area contributed by atoms with Crippen molar-refractivity contribution >= 4 is 11.9 Å². The Labute approximate surface area is 89.8 Å². The molecule has 15 heavy (non-hydrogen) atoms. The number of carbonyl (C=O) groups is 2. The van der Waals surface area contributed by atoms with Gasteiger partial charge in [0.15, 0.2) is 0 Å². The van der Waals surface area contributed by atoms with Crippen molar-refractivity contribution in [3.05, 3.63) is 0 Å². The van der Waals surface area contributed by atoms with E-state index in [2.05, 4.69) is 12.2 Å². The maximum absolute atomic E-state index is 11.1. The Morgan fingerprint density at radius 3 is 2.60 bits per heavy atom. The highest BCUT2D eigenvalue weighted by atomic mass is 16.5. The van der Waals surface area contributed by atoms with E-state index in [1.54, 1.807) is 0 Å². The summed E-state index contributed by atoms with van der Waals surface area (Å²) in [6, 6.07) is -0.864. The van der Waals surface area contributed by atoms with Crippen molar-refractivity contribution < 1.29 is 19.4 Å². The largest absolute Gasteiger partial charge is 0.480 e. The van der Waals surface area contributed by atoms with E-state index >= 15 is 0 Å². The lowest BCUT2D eigenvalue weighted by Crippen LogP contribution is -2.40. The van der Waals surface area contributed by atoms with E-state index in [-0.39, 0.29) is 12.5 Å². The molecule has 5 nitrogen and oxygen atoms in total. The van der Waals surface area contributed by atoms with Gasteiger partial charge in [-0.25, -0.2) is 0 Å². The molecule has 0 bridgehead atoms. The first-order valence-electron chi connectivity index (χ1n) is 5.17. The van der Waals surface area contributed by atoms with Gasteiger partial charge in [-0.15, -0.1) is 0 Å². The van der Waals surface area contributed by atoms with Crippen LogP contribution in [0, 0.1) is 0 Å². The molecule has 0 unspecified atom stereocenters. The second-order valence-corrected chi connectivity index (χ2v) is 3.39. The molecule has 88 valence electrons. The van der Waals surface area contributed by atoms with Gasteiger partial charge in [0.05, 0.1) is 0 Å². The second kappa shape index (κ2) is 8.23. The van der Waals surface area contributed by atoms with Gasteiger partial charge in [0.2, 0.25) is 5.91 Å². The standard InChI is InChI=1S/C10H19NO4/c1-3-4-5-6-15-7-9(12)11-8(2)10(13)14/h8H,3-7H2,1-2H3,(H,11,12)(H,13,14)/t8-/m1/s1. The monoisotopic (exact) mass is 217 g/mol. The summed E-state index contributed by atoms with van der Waals surface area (Å²) in [6.45, 7) is 3.97. The summed E-state index contributed by atoms with van der Waals surface area (Å²) in [7, 11) is 0. The van der Waals surface area contributed by atoms with E-state index in [0.29, 0.717) is 6.61 Å². The lowest BCUT2D eigenvalue weighted by atomic mass is 10.3. The van der Waals surface area contributed by atoms with Crippen LogP contribution in [-0.4, -0.2) is 36.2 Å². The Morgan fingerprint density at radius 2 is 2.07 bits per heavy atom. The molecule has 1 atom stereocenters. The van der Waals surface area contributed by atoms with E-state index in [9.17, 15) is 9.59 Å². The Bertz CT molecular complexity index is 206. The number of hydrogen-bond acceptors (Lipinski definition) is 3. The number of carbonyl (C=O) groups excluding carboxylic acids is 1. The van der Waals surface area contributed by atoms with Gasteiger partial charge in [0.1, 0.15) is 12.6 Å². The van der Waals surface area contributed by atoms with Crippen LogP contribution in [0.2, 0.25) is 0 Å². The average molecular weight is 217 g/mol. The van der Waals surface area contributed by atoms with E-state index in [1.807, 2.05) is 0 Å². The summed E-state index contributed by atoms with van der Waals surface area (Å²) in [5.41, 5.74) is 0. The highest BCUT2D eigenvalue weighted by Crippen LogP contribution is 1.93. The summed E-state index contributed by atoms with van der Waals surface area (Å²) >= 11 is 0. The van der Waals surface area contributed by atoms with Crippen LogP contribution in [0.15, 0.2) is 0 Å². The summed E-state index contributed by atoms with van der Waals surface area (Å²) in [6.07, 6.45) is 3.11. The van der Waals surface area contributed by atoms with Crippen LogP contribution in [0.5, 0.6) is 0 Å². The number of hydrogen-bond donors (Lipinski definition) is 2. The van der Waals surface area contributed by atoms with Crippen molar-refractivity contribution in [2.75, 3.05) is 13.2 Å². The van der Waals surface area contributed by atoms with Crippen molar-refractivity contribution in [2.24, 2.45) is 0 Å². The van der Waals surface area contributed by atoms with Crippen LogP contribution < -0.4 is 5.32 Å². The Morgan fingerprint density at radius 1 is 1.40 bits per heavy atom.